The molecule has 2 heterocycles. The topological polar surface area (TPSA) is 90.0 Å². The molecule has 1 atom stereocenters. The van der Waals surface area contributed by atoms with Crippen molar-refractivity contribution >= 4 is 11.7 Å². The molecule has 0 spiro atoms. The lowest BCUT2D eigenvalue weighted by Crippen LogP contribution is -2.35. The summed E-state index contributed by atoms with van der Waals surface area (Å²) in [6.07, 6.45) is 5.79. The zero-order valence-electron chi connectivity index (χ0n) is 11.8. The first kappa shape index (κ1) is 14.5. The number of allylic oxidation sites excluding steroid dienone is 2. The SMILES string of the molecule is CC(C)=CC(=O)c1ncc(C(N)=O)n1C1CCCCN1. The first-order valence-electron chi connectivity index (χ1n) is 6.80. The van der Waals surface area contributed by atoms with Crippen molar-refractivity contribution in [1.29, 1.82) is 0 Å². The number of amides is 1. The minimum atomic E-state index is -0.568. The van der Waals surface area contributed by atoms with Crippen LogP contribution in [0.5, 0.6) is 0 Å². The van der Waals surface area contributed by atoms with E-state index in [0.717, 1.165) is 31.4 Å². The minimum Gasteiger partial charge on any atom is -0.364 e. The van der Waals surface area contributed by atoms with E-state index in [1.54, 1.807) is 4.57 Å². The second-order valence-corrected chi connectivity index (χ2v) is 5.25. The molecule has 6 heteroatoms. The number of primary amides is 1. The number of ketones is 1. The lowest BCUT2D eigenvalue weighted by molar-refractivity contribution is 0.0984. The standard InChI is InChI=1S/C14H20N4O2/c1-9(2)7-11(19)14-17-8-10(13(15)20)18(14)12-5-3-4-6-16-12/h7-8,12,16H,3-6H2,1-2H3,(H2,15,20). The number of nitrogens with one attached hydrogen (secondary N) is 1. The molecule has 6 nitrogen and oxygen atoms in total. The fourth-order valence-corrected chi connectivity index (χ4v) is 2.42. The van der Waals surface area contributed by atoms with Crippen LogP contribution in [0, 0.1) is 0 Å². The van der Waals surface area contributed by atoms with E-state index in [0.29, 0.717) is 0 Å². The highest BCUT2D eigenvalue weighted by atomic mass is 16.1. The van der Waals surface area contributed by atoms with Gasteiger partial charge in [0.25, 0.3) is 5.91 Å². The van der Waals surface area contributed by atoms with Crippen molar-refractivity contribution in [2.24, 2.45) is 5.73 Å². The van der Waals surface area contributed by atoms with Crippen molar-refractivity contribution in [1.82, 2.24) is 14.9 Å². The number of rotatable bonds is 4. The average Bonchev–Trinajstić information content (AvgIpc) is 2.83. The molecule has 3 N–H and O–H groups in total. The maximum Gasteiger partial charge on any atom is 0.267 e. The van der Waals surface area contributed by atoms with Crippen molar-refractivity contribution in [3.63, 3.8) is 0 Å². The molecule has 1 aromatic rings. The van der Waals surface area contributed by atoms with Crippen LogP contribution in [0.1, 0.15) is 60.4 Å². The predicted octanol–water partition coefficient (Wildman–Crippen LogP) is 1.40. The molecule has 0 aliphatic carbocycles. The van der Waals surface area contributed by atoms with Gasteiger partial charge in [-0.05, 0) is 45.7 Å². The zero-order valence-corrected chi connectivity index (χ0v) is 11.8. The predicted molar refractivity (Wildman–Crippen MR) is 75.4 cm³/mol. The van der Waals surface area contributed by atoms with Crippen molar-refractivity contribution in [2.75, 3.05) is 6.54 Å². The van der Waals surface area contributed by atoms with Crippen molar-refractivity contribution in [3.8, 4) is 0 Å². The lowest BCUT2D eigenvalue weighted by Gasteiger charge is -2.27. The van der Waals surface area contributed by atoms with Gasteiger partial charge in [-0.3, -0.25) is 14.9 Å². The smallest absolute Gasteiger partial charge is 0.267 e. The molecule has 0 bridgehead atoms. The van der Waals surface area contributed by atoms with Gasteiger partial charge >= 0.3 is 0 Å². The van der Waals surface area contributed by atoms with E-state index in [4.69, 9.17) is 5.73 Å². The summed E-state index contributed by atoms with van der Waals surface area (Å²) in [6, 6.07) is 0. The van der Waals surface area contributed by atoms with Crippen LogP contribution in [0.15, 0.2) is 17.8 Å². The molecule has 0 aromatic carbocycles. The molecule has 108 valence electrons. The maximum absolute atomic E-state index is 12.2. The van der Waals surface area contributed by atoms with Gasteiger partial charge in [-0.15, -0.1) is 0 Å². The van der Waals surface area contributed by atoms with Crippen LogP contribution in [-0.4, -0.2) is 27.8 Å². The Morgan fingerprint density at radius 2 is 2.20 bits per heavy atom. The molecular weight excluding hydrogens is 256 g/mol. The van der Waals surface area contributed by atoms with Gasteiger partial charge < -0.3 is 10.3 Å². The van der Waals surface area contributed by atoms with Crippen molar-refractivity contribution < 1.29 is 9.59 Å². The Kier molecular flexibility index (Phi) is 4.34. The first-order chi connectivity index (χ1) is 9.50. The van der Waals surface area contributed by atoms with Gasteiger partial charge in [0.1, 0.15) is 5.69 Å². The number of imidazole rings is 1. The fourth-order valence-electron chi connectivity index (χ4n) is 2.42. The number of carbonyl (C=O) groups excluding carboxylic acids is 2. The Balaban J connectivity index is 2.44. The van der Waals surface area contributed by atoms with Crippen LogP contribution >= 0.6 is 0 Å². The quantitative estimate of drug-likeness (QED) is 0.642. The van der Waals surface area contributed by atoms with Crippen LogP contribution < -0.4 is 11.1 Å². The second-order valence-electron chi connectivity index (χ2n) is 5.25. The number of carbonyl (C=O) groups is 2. The number of hydrogen-bond acceptors (Lipinski definition) is 4. The third-order valence-electron chi connectivity index (χ3n) is 3.29. The van der Waals surface area contributed by atoms with E-state index in [1.807, 2.05) is 13.8 Å². The molecule has 20 heavy (non-hydrogen) atoms. The monoisotopic (exact) mass is 276 g/mol. The van der Waals surface area contributed by atoms with E-state index < -0.39 is 5.91 Å². The highest BCUT2D eigenvalue weighted by Crippen LogP contribution is 2.21. The number of nitrogens with zero attached hydrogens (tertiary/aromatic N) is 2. The Morgan fingerprint density at radius 3 is 2.75 bits per heavy atom. The van der Waals surface area contributed by atoms with Crippen LogP contribution in [0.2, 0.25) is 0 Å². The van der Waals surface area contributed by atoms with E-state index in [1.165, 1.54) is 12.3 Å². The zero-order chi connectivity index (χ0) is 14.7. The normalized spacial score (nSPS) is 18.6. The Bertz CT molecular complexity index is 550. The molecule has 1 amide bonds. The third-order valence-corrected chi connectivity index (χ3v) is 3.29. The summed E-state index contributed by atoms with van der Waals surface area (Å²) in [4.78, 5) is 27.8. The molecular formula is C14H20N4O2. The van der Waals surface area contributed by atoms with Crippen LogP contribution in [0.25, 0.3) is 0 Å². The molecule has 0 saturated carbocycles. The van der Waals surface area contributed by atoms with Crippen LogP contribution in [0.3, 0.4) is 0 Å². The maximum atomic E-state index is 12.2. The van der Waals surface area contributed by atoms with Crippen LogP contribution in [0.4, 0.5) is 0 Å². The van der Waals surface area contributed by atoms with E-state index in [2.05, 4.69) is 10.3 Å². The first-order valence-corrected chi connectivity index (χ1v) is 6.80. The fraction of sp³-hybridized carbons (Fsp3) is 0.500. The Hall–Kier alpha value is -1.95. The molecule has 1 unspecified atom stereocenters. The summed E-state index contributed by atoms with van der Waals surface area (Å²) < 4.78 is 1.64. The van der Waals surface area contributed by atoms with Gasteiger partial charge in [0, 0.05) is 0 Å². The van der Waals surface area contributed by atoms with Gasteiger partial charge in [0.2, 0.25) is 5.78 Å². The number of aromatic nitrogens is 2. The number of hydrogen-bond donors (Lipinski definition) is 2. The minimum absolute atomic E-state index is 0.0988. The summed E-state index contributed by atoms with van der Waals surface area (Å²) in [5.41, 5.74) is 6.55. The highest BCUT2D eigenvalue weighted by Gasteiger charge is 2.25. The van der Waals surface area contributed by atoms with E-state index >= 15 is 0 Å². The summed E-state index contributed by atoms with van der Waals surface area (Å²) in [5, 5.41) is 3.31. The van der Waals surface area contributed by atoms with Gasteiger partial charge in [0.15, 0.2) is 5.82 Å². The lowest BCUT2D eigenvalue weighted by atomic mass is 10.1. The van der Waals surface area contributed by atoms with E-state index in [9.17, 15) is 9.59 Å². The number of nitrogens with two attached hydrogens (primary N) is 1. The van der Waals surface area contributed by atoms with Gasteiger partial charge in [-0.1, -0.05) is 5.57 Å². The molecule has 2 rings (SSSR count). The number of piperidine rings is 1. The van der Waals surface area contributed by atoms with Gasteiger partial charge in [-0.25, -0.2) is 4.98 Å². The average molecular weight is 276 g/mol. The van der Waals surface area contributed by atoms with E-state index in [-0.39, 0.29) is 23.5 Å². The molecule has 1 aliphatic heterocycles. The van der Waals surface area contributed by atoms with Crippen molar-refractivity contribution in [2.45, 2.75) is 39.3 Å². The highest BCUT2D eigenvalue weighted by molar-refractivity contribution is 6.03. The molecule has 0 radical (unpaired) electrons. The summed E-state index contributed by atoms with van der Waals surface area (Å²) >= 11 is 0. The largest absolute Gasteiger partial charge is 0.364 e. The van der Waals surface area contributed by atoms with Gasteiger partial charge in [0.05, 0.1) is 12.4 Å². The summed E-state index contributed by atoms with van der Waals surface area (Å²) in [7, 11) is 0. The van der Waals surface area contributed by atoms with Crippen molar-refractivity contribution in [3.05, 3.63) is 29.4 Å². The molecule has 1 aliphatic rings. The van der Waals surface area contributed by atoms with Crippen LogP contribution in [-0.2, 0) is 0 Å². The van der Waals surface area contributed by atoms with Gasteiger partial charge in [-0.2, -0.15) is 0 Å². The second kappa shape index (κ2) is 6.00. The Labute approximate surface area is 118 Å². The molecule has 1 saturated heterocycles. The third kappa shape index (κ3) is 2.96. The summed E-state index contributed by atoms with van der Waals surface area (Å²) in [5.74, 6) is -0.509. The molecule has 1 fully saturated rings. The molecule has 1 aromatic heterocycles. The summed E-state index contributed by atoms with van der Waals surface area (Å²) in [6.45, 7) is 4.55. The Morgan fingerprint density at radius 1 is 1.45 bits per heavy atom.